The molecule has 0 fully saturated rings. The molecule has 0 aliphatic rings. The summed E-state index contributed by atoms with van der Waals surface area (Å²) in [7, 11) is 1.66. The number of amides is 1. The summed E-state index contributed by atoms with van der Waals surface area (Å²) in [4.78, 5) is 17.5. The van der Waals surface area contributed by atoms with E-state index in [0.717, 1.165) is 19.2 Å². The molecule has 0 unspecified atom stereocenters. The second-order valence-corrected chi connectivity index (χ2v) is 7.91. The number of rotatable bonds is 4. The number of methoxy groups -OCH3 is 1. The molecule has 0 atom stereocenters. The van der Waals surface area contributed by atoms with Crippen LogP contribution in [0.1, 0.15) is 10.4 Å². The van der Waals surface area contributed by atoms with Gasteiger partial charge in [0.2, 0.25) is 0 Å². The Balaban J connectivity index is 2.11. The number of carbonyl (C=O) groups is 1. The van der Waals surface area contributed by atoms with E-state index in [1.54, 1.807) is 19.2 Å². The van der Waals surface area contributed by atoms with Crippen molar-refractivity contribution < 1.29 is 9.53 Å². The Bertz CT molecular complexity index is 963. The molecule has 0 bridgehead atoms. The summed E-state index contributed by atoms with van der Waals surface area (Å²) in [5, 5.41) is 0. The van der Waals surface area contributed by atoms with Crippen LogP contribution in [0.3, 0.4) is 0 Å². The van der Waals surface area contributed by atoms with Crippen molar-refractivity contribution in [1.82, 2.24) is 4.57 Å². The van der Waals surface area contributed by atoms with E-state index in [1.807, 2.05) is 34.9 Å². The van der Waals surface area contributed by atoms with Gasteiger partial charge < -0.3 is 9.30 Å². The van der Waals surface area contributed by atoms with E-state index in [-0.39, 0.29) is 5.91 Å². The number of fused-ring (bicyclic) bond motifs is 1. The predicted octanol–water partition coefficient (Wildman–Crippen LogP) is 4.62. The van der Waals surface area contributed by atoms with Gasteiger partial charge in [-0.15, -0.1) is 0 Å². The van der Waals surface area contributed by atoms with Crippen LogP contribution in [0.15, 0.2) is 56.4 Å². The van der Waals surface area contributed by atoms with E-state index in [9.17, 15) is 4.79 Å². The quantitative estimate of drug-likeness (QED) is 0.559. The van der Waals surface area contributed by atoms with Crippen LogP contribution in [0.4, 0.5) is 0 Å². The molecule has 2 aromatic carbocycles. The second kappa shape index (κ2) is 7.74. The van der Waals surface area contributed by atoms with E-state index in [0.29, 0.717) is 23.5 Å². The van der Waals surface area contributed by atoms with Crippen molar-refractivity contribution in [2.45, 2.75) is 6.54 Å². The number of aromatic nitrogens is 1. The van der Waals surface area contributed by atoms with Crippen LogP contribution in [0.2, 0.25) is 0 Å². The number of nitrogens with zero attached hydrogens (tertiary/aromatic N) is 2. The van der Waals surface area contributed by atoms with Crippen molar-refractivity contribution in [3.63, 3.8) is 0 Å². The smallest absolute Gasteiger partial charge is 0.279 e. The van der Waals surface area contributed by atoms with Crippen LogP contribution in [0.25, 0.3) is 10.2 Å². The summed E-state index contributed by atoms with van der Waals surface area (Å²) >= 11 is 8.36. The normalized spacial score (nSPS) is 12.0. The van der Waals surface area contributed by atoms with Crippen LogP contribution in [-0.2, 0) is 11.3 Å². The van der Waals surface area contributed by atoms with Crippen molar-refractivity contribution in [2.24, 2.45) is 4.99 Å². The summed E-state index contributed by atoms with van der Waals surface area (Å²) in [5.41, 5.74) is 1.60. The predicted molar refractivity (Wildman–Crippen MR) is 103 cm³/mol. The van der Waals surface area contributed by atoms with Crippen LogP contribution in [-0.4, -0.2) is 24.2 Å². The molecule has 1 aromatic heterocycles. The molecule has 24 heavy (non-hydrogen) atoms. The zero-order valence-electron chi connectivity index (χ0n) is 12.8. The van der Waals surface area contributed by atoms with Crippen molar-refractivity contribution in [3.05, 3.63) is 61.8 Å². The van der Waals surface area contributed by atoms with Crippen molar-refractivity contribution in [3.8, 4) is 0 Å². The fraction of sp³-hybridized carbons (Fsp3) is 0.176. The molecule has 1 amide bonds. The third-order valence-electron chi connectivity index (χ3n) is 3.43. The molecule has 7 heteroatoms. The first-order chi connectivity index (χ1) is 11.6. The van der Waals surface area contributed by atoms with Gasteiger partial charge in [0.15, 0.2) is 4.80 Å². The average Bonchev–Trinajstić information content (AvgIpc) is 2.89. The number of carbonyl (C=O) groups excluding carboxylic acids is 1. The minimum atomic E-state index is -0.256. The maximum Gasteiger partial charge on any atom is 0.279 e. The molecular formula is C17H14Br2N2O2S. The second-order valence-electron chi connectivity index (χ2n) is 5.07. The van der Waals surface area contributed by atoms with Gasteiger partial charge in [0.1, 0.15) is 0 Å². The molecule has 3 rings (SSSR count). The van der Waals surface area contributed by atoms with Gasteiger partial charge in [-0.3, -0.25) is 4.79 Å². The first-order valence-corrected chi connectivity index (χ1v) is 9.61. The van der Waals surface area contributed by atoms with Crippen LogP contribution in [0.5, 0.6) is 0 Å². The van der Waals surface area contributed by atoms with Crippen molar-refractivity contribution >= 4 is 59.3 Å². The average molecular weight is 470 g/mol. The number of hydrogen-bond acceptors (Lipinski definition) is 3. The van der Waals surface area contributed by atoms with Crippen LogP contribution >= 0.6 is 43.2 Å². The Morgan fingerprint density at radius 2 is 2.00 bits per heavy atom. The van der Waals surface area contributed by atoms with Gasteiger partial charge in [-0.25, -0.2) is 0 Å². The Kier molecular flexibility index (Phi) is 5.65. The van der Waals surface area contributed by atoms with Gasteiger partial charge in [-0.05, 0) is 36.4 Å². The van der Waals surface area contributed by atoms with E-state index >= 15 is 0 Å². The van der Waals surface area contributed by atoms with E-state index in [4.69, 9.17) is 4.74 Å². The number of thiazole rings is 1. The van der Waals surface area contributed by atoms with Gasteiger partial charge in [0.05, 0.1) is 16.8 Å². The molecule has 1 heterocycles. The molecule has 0 saturated carbocycles. The topological polar surface area (TPSA) is 43.6 Å². The summed E-state index contributed by atoms with van der Waals surface area (Å²) in [6.07, 6.45) is 0. The number of benzene rings is 2. The molecule has 0 spiro atoms. The van der Waals surface area contributed by atoms with Gasteiger partial charge in [-0.2, -0.15) is 4.99 Å². The van der Waals surface area contributed by atoms with Crippen molar-refractivity contribution in [2.75, 3.05) is 13.7 Å². The molecule has 124 valence electrons. The van der Waals surface area contributed by atoms with E-state index < -0.39 is 0 Å². The van der Waals surface area contributed by atoms with Gasteiger partial charge in [0, 0.05) is 28.2 Å². The molecule has 0 aliphatic carbocycles. The zero-order chi connectivity index (χ0) is 17.1. The number of halogens is 2. The fourth-order valence-corrected chi connectivity index (χ4v) is 4.31. The molecule has 0 N–H and O–H groups in total. The zero-order valence-corrected chi connectivity index (χ0v) is 16.8. The van der Waals surface area contributed by atoms with Gasteiger partial charge >= 0.3 is 0 Å². The highest BCUT2D eigenvalue weighted by Gasteiger charge is 2.10. The first kappa shape index (κ1) is 17.5. The highest BCUT2D eigenvalue weighted by molar-refractivity contribution is 9.10. The Morgan fingerprint density at radius 3 is 2.75 bits per heavy atom. The minimum absolute atomic E-state index is 0.256. The fourth-order valence-electron chi connectivity index (χ4n) is 2.30. The molecule has 3 aromatic rings. The lowest BCUT2D eigenvalue weighted by Gasteiger charge is -2.04. The SMILES string of the molecule is COCCn1c(=NC(=O)c2cccc(Br)c2)sc2cc(Br)ccc21. The van der Waals surface area contributed by atoms with E-state index in [2.05, 4.69) is 36.9 Å². The van der Waals surface area contributed by atoms with Crippen LogP contribution in [0, 0.1) is 0 Å². The first-order valence-electron chi connectivity index (χ1n) is 7.21. The minimum Gasteiger partial charge on any atom is -0.383 e. The Labute approximate surface area is 160 Å². The van der Waals surface area contributed by atoms with Crippen LogP contribution < -0.4 is 4.80 Å². The Hall–Kier alpha value is -1.28. The molecule has 4 nitrogen and oxygen atoms in total. The summed E-state index contributed by atoms with van der Waals surface area (Å²) in [6.45, 7) is 1.20. The largest absolute Gasteiger partial charge is 0.383 e. The Morgan fingerprint density at radius 1 is 1.21 bits per heavy atom. The van der Waals surface area contributed by atoms with Gasteiger partial charge in [-0.1, -0.05) is 49.3 Å². The highest BCUT2D eigenvalue weighted by atomic mass is 79.9. The maximum absolute atomic E-state index is 12.5. The lowest BCUT2D eigenvalue weighted by atomic mass is 10.2. The lowest BCUT2D eigenvalue weighted by molar-refractivity contribution is 0.0997. The molecule has 0 aliphatic heterocycles. The van der Waals surface area contributed by atoms with Gasteiger partial charge in [0.25, 0.3) is 5.91 Å². The summed E-state index contributed by atoms with van der Waals surface area (Å²) < 4.78 is 10.1. The molecule has 0 radical (unpaired) electrons. The summed E-state index contributed by atoms with van der Waals surface area (Å²) in [5.74, 6) is -0.256. The maximum atomic E-state index is 12.5. The standard InChI is InChI=1S/C17H14Br2N2O2S/c1-23-8-7-21-14-6-5-13(19)10-15(14)24-17(21)20-16(22)11-3-2-4-12(18)9-11/h2-6,9-10H,7-8H2,1H3. The number of hydrogen-bond donors (Lipinski definition) is 0. The van der Waals surface area contributed by atoms with Crippen molar-refractivity contribution in [1.29, 1.82) is 0 Å². The monoisotopic (exact) mass is 468 g/mol. The summed E-state index contributed by atoms with van der Waals surface area (Å²) in [6, 6.07) is 13.3. The van der Waals surface area contributed by atoms with E-state index in [1.165, 1.54) is 11.3 Å². The lowest BCUT2D eigenvalue weighted by Crippen LogP contribution is -2.19. The third kappa shape index (κ3) is 3.85. The third-order valence-corrected chi connectivity index (χ3v) is 5.46. The highest BCUT2D eigenvalue weighted by Crippen LogP contribution is 2.22. The number of ether oxygens (including phenoxy) is 1. The molecule has 0 saturated heterocycles. The molecular weight excluding hydrogens is 456 g/mol.